The van der Waals surface area contributed by atoms with Crippen molar-refractivity contribution in [1.29, 1.82) is 0 Å². The Labute approximate surface area is 167 Å². The first-order valence-electron chi connectivity index (χ1n) is 8.91. The van der Waals surface area contributed by atoms with Gasteiger partial charge in [0.25, 0.3) is 0 Å². The zero-order valence-corrected chi connectivity index (χ0v) is 16.1. The Kier molecular flexibility index (Phi) is 6.95. The highest BCUT2D eigenvalue weighted by Crippen LogP contribution is 2.37. The van der Waals surface area contributed by atoms with Crippen LogP contribution >= 0.6 is 11.8 Å². The minimum Gasteiger partial charge on any atom is -0.459 e. The Morgan fingerprint density at radius 3 is 2.50 bits per heavy atom. The molecule has 28 heavy (non-hydrogen) atoms. The van der Waals surface area contributed by atoms with Crippen molar-refractivity contribution < 1.29 is 19.4 Å². The molecule has 0 saturated carbocycles. The quantitative estimate of drug-likeness (QED) is 0.342. The monoisotopic (exact) mass is 399 g/mol. The Bertz CT molecular complexity index is 830. The highest BCUT2D eigenvalue weighted by Gasteiger charge is 2.43. The number of rotatable bonds is 6. The third-order valence-electron chi connectivity index (χ3n) is 4.61. The van der Waals surface area contributed by atoms with Crippen molar-refractivity contribution in [3.8, 4) is 0 Å². The second kappa shape index (κ2) is 9.61. The van der Waals surface area contributed by atoms with E-state index in [9.17, 15) is 9.90 Å². The summed E-state index contributed by atoms with van der Waals surface area (Å²) in [4.78, 5) is 16.0. The fraction of sp³-hybridized carbons (Fsp3) is 0.350. The van der Waals surface area contributed by atoms with Gasteiger partial charge in [0, 0.05) is 9.81 Å². The van der Waals surface area contributed by atoms with Crippen molar-refractivity contribution in [2.75, 3.05) is 6.61 Å². The number of ether oxygens (including phenoxy) is 2. The van der Waals surface area contributed by atoms with Gasteiger partial charge in [-0.25, -0.2) is 4.79 Å². The topological polar surface area (TPSA) is 105 Å². The van der Waals surface area contributed by atoms with E-state index in [2.05, 4.69) is 10.0 Å². The third kappa shape index (κ3) is 4.85. The van der Waals surface area contributed by atoms with Crippen LogP contribution in [0.2, 0.25) is 0 Å². The first-order valence-corrected chi connectivity index (χ1v) is 9.79. The standard InChI is InChI=1S/C20H21N3O4S/c1-13-17(22-23-21)20(28-15-10-6-3-7-11-15)27-16(18(13)24)12-26-19(25)14-8-4-2-5-9-14/h2-11,13,16-18,20,24H,12H2,1H3/t13-,16?,17?,18-,20+/m1/s1. The second-order valence-corrected chi connectivity index (χ2v) is 7.66. The second-order valence-electron chi connectivity index (χ2n) is 6.48. The largest absolute Gasteiger partial charge is 0.459 e. The summed E-state index contributed by atoms with van der Waals surface area (Å²) in [5.74, 6) is -0.834. The van der Waals surface area contributed by atoms with E-state index in [4.69, 9.17) is 15.0 Å². The van der Waals surface area contributed by atoms with Crippen LogP contribution < -0.4 is 0 Å². The van der Waals surface area contributed by atoms with E-state index in [0.717, 1.165) is 4.90 Å². The normalized spacial score (nSPS) is 26.9. The molecule has 5 atom stereocenters. The molecule has 7 nitrogen and oxygen atoms in total. The van der Waals surface area contributed by atoms with Crippen LogP contribution in [0, 0.1) is 5.92 Å². The zero-order valence-electron chi connectivity index (χ0n) is 15.3. The van der Waals surface area contributed by atoms with Crippen LogP contribution in [0.25, 0.3) is 10.4 Å². The highest BCUT2D eigenvalue weighted by atomic mass is 32.2. The van der Waals surface area contributed by atoms with E-state index in [1.165, 1.54) is 11.8 Å². The van der Waals surface area contributed by atoms with Crippen molar-refractivity contribution in [2.45, 2.75) is 35.5 Å². The van der Waals surface area contributed by atoms with E-state index in [1.54, 1.807) is 31.2 Å². The summed E-state index contributed by atoms with van der Waals surface area (Å²) >= 11 is 1.41. The number of aliphatic hydroxyl groups is 1. The molecule has 0 spiro atoms. The van der Waals surface area contributed by atoms with Gasteiger partial charge in [-0.3, -0.25) is 0 Å². The Morgan fingerprint density at radius 2 is 1.86 bits per heavy atom. The molecule has 1 fully saturated rings. The molecule has 2 aromatic rings. The molecule has 2 aromatic carbocycles. The van der Waals surface area contributed by atoms with Gasteiger partial charge in [0.2, 0.25) is 0 Å². The molecule has 0 aromatic heterocycles. The molecule has 146 valence electrons. The zero-order chi connectivity index (χ0) is 19.9. The number of carbonyl (C=O) groups is 1. The number of nitrogens with zero attached hydrogens (tertiary/aromatic N) is 3. The number of benzene rings is 2. The van der Waals surface area contributed by atoms with Gasteiger partial charge < -0.3 is 14.6 Å². The van der Waals surface area contributed by atoms with Gasteiger partial charge in [0.05, 0.1) is 17.7 Å². The Balaban J connectivity index is 1.71. The maximum atomic E-state index is 12.2. The van der Waals surface area contributed by atoms with Crippen LogP contribution in [0.1, 0.15) is 17.3 Å². The van der Waals surface area contributed by atoms with Crippen LogP contribution in [0.3, 0.4) is 0 Å². The van der Waals surface area contributed by atoms with Gasteiger partial charge in [0.15, 0.2) is 0 Å². The minimum absolute atomic E-state index is 0.0892. The van der Waals surface area contributed by atoms with E-state index in [-0.39, 0.29) is 12.5 Å². The van der Waals surface area contributed by atoms with E-state index in [0.29, 0.717) is 5.56 Å². The number of azide groups is 1. The van der Waals surface area contributed by atoms with E-state index < -0.39 is 29.7 Å². The van der Waals surface area contributed by atoms with Gasteiger partial charge in [-0.1, -0.05) is 60.2 Å². The molecule has 8 heteroatoms. The molecule has 0 amide bonds. The number of carbonyl (C=O) groups excluding carboxylic acids is 1. The average Bonchev–Trinajstić information content (AvgIpc) is 2.73. The first-order chi connectivity index (χ1) is 13.6. The molecular formula is C20H21N3O4S. The number of esters is 1. The van der Waals surface area contributed by atoms with Crippen LogP contribution in [0.15, 0.2) is 70.7 Å². The molecule has 1 saturated heterocycles. The Morgan fingerprint density at radius 1 is 1.21 bits per heavy atom. The van der Waals surface area contributed by atoms with E-state index >= 15 is 0 Å². The smallest absolute Gasteiger partial charge is 0.338 e. The lowest BCUT2D eigenvalue weighted by molar-refractivity contribution is -0.138. The van der Waals surface area contributed by atoms with Gasteiger partial charge in [-0.2, -0.15) is 0 Å². The molecular weight excluding hydrogens is 378 g/mol. The Hall–Kier alpha value is -2.51. The fourth-order valence-electron chi connectivity index (χ4n) is 3.02. The van der Waals surface area contributed by atoms with E-state index in [1.807, 2.05) is 36.4 Å². The molecule has 0 aliphatic carbocycles. The van der Waals surface area contributed by atoms with Crippen LogP contribution in [-0.2, 0) is 9.47 Å². The molecule has 1 aliphatic heterocycles. The first kappa shape index (κ1) is 20.2. The lowest BCUT2D eigenvalue weighted by Crippen LogP contribution is -2.52. The van der Waals surface area contributed by atoms with Crippen molar-refractivity contribution in [2.24, 2.45) is 11.0 Å². The summed E-state index contributed by atoms with van der Waals surface area (Å²) in [6, 6.07) is 17.7. The predicted molar refractivity (Wildman–Crippen MR) is 106 cm³/mol. The van der Waals surface area contributed by atoms with Gasteiger partial charge in [-0.05, 0) is 35.7 Å². The number of hydrogen-bond acceptors (Lipinski definition) is 6. The van der Waals surface area contributed by atoms with Crippen molar-refractivity contribution >= 4 is 17.7 Å². The maximum absolute atomic E-state index is 12.2. The van der Waals surface area contributed by atoms with Gasteiger partial charge in [-0.15, -0.1) is 0 Å². The van der Waals surface area contributed by atoms with Gasteiger partial charge in [0.1, 0.15) is 18.1 Å². The lowest BCUT2D eigenvalue weighted by Gasteiger charge is -2.41. The molecule has 0 radical (unpaired) electrons. The molecule has 0 bridgehead atoms. The van der Waals surface area contributed by atoms with Crippen molar-refractivity contribution in [1.82, 2.24) is 0 Å². The predicted octanol–water partition coefficient (Wildman–Crippen LogP) is 4.04. The molecule has 2 unspecified atom stereocenters. The molecule has 1 heterocycles. The van der Waals surface area contributed by atoms with Crippen LogP contribution in [-0.4, -0.2) is 41.4 Å². The maximum Gasteiger partial charge on any atom is 0.338 e. The minimum atomic E-state index is -0.924. The fourth-order valence-corrected chi connectivity index (χ4v) is 4.25. The van der Waals surface area contributed by atoms with Crippen LogP contribution in [0.5, 0.6) is 0 Å². The SMILES string of the molecule is C[C@@H]1C(N=[N+]=[N-])[C@H](Sc2ccccc2)OC(COC(=O)c2ccccc2)[C@@H]1O. The summed E-state index contributed by atoms with van der Waals surface area (Å²) in [6.45, 7) is 1.71. The molecule has 3 rings (SSSR count). The summed E-state index contributed by atoms with van der Waals surface area (Å²) in [5, 5.41) is 14.4. The highest BCUT2D eigenvalue weighted by molar-refractivity contribution is 7.99. The number of hydrogen-bond donors (Lipinski definition) is 1. The van der Waals surface area contributed by atoms with Gasteiger partial charge >= 0.3 is 5.97 Å². The summed E-state index contributed by atoms with van der Waals surface area (Å²) in [6.07, 6.45) is -1.64. The van der Waals surface area contributed by atoms with Crippen molar-refractivity contribution in [3.05, 3.63) is 76.7 Å². The average molecular weight is 399 g/mol. The lowest BCUT2D eigenvalue weighted by atomic mass is 9.90. The molecule has 1 N–H and O–H groups in total. The van der Waals surface area contributed by atoms with Crippen molar-refractivity contribution in [3.63, 3.8) is 0 Å². The molecule has 1 aliphatic rings. The van der Waals surface area contributed by atoms with Crippen LogP contribution in [0.4, 0.5) is 0 Å². The number of aliphatic hydroxyl groups excluding tert-OH is 1. The summed E-state index contributed by atoms with van der Waals surface area (Å²) < 4.78 is 11.3. The number of thioether (sulfide) groups is 1. The third-order valence-corrected chi connectivity index (χ3v) is 5.78. The summed E-state index contributed by atoms with van der Waals surface area (Å²) in [7, 11) is 0. The summed E-state index contributed by atoms with van der Waals surface area (Å²) in [5.41, 5.74) is 8.85.